The summed E-state index contributed by atoms with van der Waals surface area (Å²) in [6.45, 7) is 2.77. The molecule has 0 aliphatic carbocycles. The number of ether oxygens (including phenoxy) is 2. The lowest BCUT2D eigenvalue weighted by molar-refractivity contribution is 0.0910. The maximum absolute atomic E-state index is 12.9. The van der Waals surface area contributed by atoms with E-state index in [-0.39, 0.29) is 11.9 Å². The fraction of sp³-hybridized carbons (Fsp3) is 0.375. The standard InChI is InChI=1S/C24H29N3O3/c1-26-12-11-19-20(5-4-6-21(19)26)24(28)25-18-9-13-27(14-10-18)16-17-7-8-22(29-2)23(15-17)30-3/h4-8,11-12,15,18H,9-10,13-14,16H2,1-3H3,(H,25,28). The second-order valence-electron chi connectivity index (χ2n) is 7.88. The monoisotopic (exact) mass is 407 g/mol. The molecule has 2 aromatic carbocycles. The molecule has 3 aromatic rings. The average Bonchev–Trinajstić information content (AvgIpc) is 3.16. The zero-order valence-electron chi connectivity index (χ0n) is 17.9. The predicted octanol–water partition coefficient (Wildman–Crippen LogP) is 3.59. The molecular formula is C24H29N3O3. The van der Waals surface area contributed by atoms with Crippen LogP contribution in [0.4, 0.5) is 0 Å². The highest BCUT2D eigenvalue weighted by Gasteiger charge is 2.22. The number of amides is 1. The van der Waals surface area contributed by atoms with Crippen LogP contribution in [0.25, 0.3) is 10.9 Å². The Bertz CT molecular complexity index is 1040. The van der Waals surface area contributed by atoms with Gasteiger partial charge in [-0.15, -0.1) is 0 Å². The number of likely N-dealkylation sites (tertiary alicyclic amines) is 1. The summed E-state index contributed by atoms with van der Waals surface area (Å²) in [5.41, 5.74) is 3.03. The zero-order valence-corrected chi connectivity index (χ0v) is 17.9. The predicted molar refractivity (Wildman–Crippen MR) is 118 cm³/mol. The summed E-state index contributed by atoms with van der Waals surface area (Å²) in [5, 5.41) is 4.25. The Kier molecular flexibility index (Phi) is 5.95. The Morgan fingerprint density at radius 1 is 1.07 bits per heavy atom. The van der Waals surface area contributed by atoms with Gasteiger partial charge in [-0.25, -0.2) is 0 Å². The molecular weight excluding hydrogens is 378 g/mol. The van der Waals surface area contributed by atoms with Crippen LogP contribution in [0.3, 0.4) is 0 Å². The highest BCUT2D eigenvalue weighted by Crippen LogP contribution is 2.28. The first-order chi connectivity index (χ1) is 14.6. The maximum Gasteiger partial charge on any atom is 0.252 e. The van der Waals surface area contributed by atoms with E-state index in [2.05, 4.69) is 16.3 Å². The van der Waals surface area contributed by atoms with Gasteiger partial charge in [0.1, 0.15) is 0 Å². The Labute approximate surface area is 177 Å². The van der Waals surface area contributed by atoms with Crippen LogP contribution in [0.5, 0.6) is 11.5 Å². The number of nitrogens with one attached hydrogen (secondary N) is 1. The summed E-state index contributed by atoms with van der Waals surface area (Å²) in [4.78, 5) is 15.3. The number of benzene rings is 2. The van der Waals surface area contributed by atoms with Crippen LogP contribution < -0.4 is 14.8 Å². The smallest absolute Gasteiger partial charge is 0.252 e. The molecule has 1 aliphatic heterocycles. The van der Waals surface area contributed by atoms with Crippen molar-refractivity contribution in [1.82, 2.24) is 14.8 Å². The van der Waals surface area contributed by atoms with Gasteiger partial charge in [-0.05, 0) is 48.7 Å². The fourth-order valence-corrected chi connectivity index (χ4v) is 4.24. The van der Waals surface area contributed by atoms with E-state index in [4.69, 9.17) is 9.47 Å². The van der Waals surface area contributed by atoms with Gasteiger partial charge in [0.25, 0.3) is 5.91 Å². The molecule has 1 aromatic heterocycles. The highest BCUT2D eigenvalue weighted by molar-refractivity contribution is 6.06. The molecule has 1 aliphatic rings. The highest BCUT2D eigenvalue weighted by atomic mass is 16.5. The second-order valence-corrected chi connectivity index (χ2v) is 7.88. The molecule has 158 valence electrons. The van der Waals surface area contributed by atoms with E-state index in [0.717, 1.165) is 60.4 Å². The Morgan fingerprint density at radius 2 is 1.83 bits per heavy atom. The van der Waals surface area contributed by atoms with E-state index >= 15 is 0 Å². The molecule has 0 unspecified atom stereocenters. The summed E-state index contributed by atoms with van der Waals surface area (Å²) < 4.78 is 12.8. The number of aromatic nitrogens is 1. The molecule has 1 N–H and O–H groups in total. The molecule has 1 amide bonds. The average molecular weight is 408 g/mol. The van der Waals surface area contributed by atoms with Gasteiger partial charge < -0.3 is 19.4 Å². The van der Waals surface area contributed by atoms with Gasteiger partial charge in [-0.3, -0.25) is 9.69 Å². The Morgan fingerprint density at radius 3 is 2.57 bits per heavy atom. The normalized spacial score (nSPS) is 15.3. The van der Waals surface area contributed by atoms with E-state index in [1.54, 1.807) is 14.2 Å². The largest absolute Gasteiger partial charge is 0.493 e. The van der Waals surface area contributed by atoms with Crippen molar-refractivity contribution >= 4 is 16.8 Å². The van der Waals surface area contributed by atoms with E-state index in [0.29, 0.717) is 0 Å². The van der Waals surface area contributed by atoms with Crippen LogP contribution in [0.1, 0.15) is 28.8 Å². The minimum absolute atomic E-state index is 0.0186. The maximum atomic E-state index is 12.9. The summed E-state index contributed by atoms with van der Waals surface area (Å²) in [6.07, 6.45) is 3.89. The number of methoxy groups -OCH3 is 2. The third kappa shape index (κ3) is 4.14. The van der Waals surface area contributed by atoms with Crippen LogP contribution >= 0.6 is 0 Å². The van der Waals surface area contributed by atoms with Gasteiger partial charge in [0, 0.05) is 55.4 Å². The van der Waals surface area contributed by atoms with Gasteiger partial charge in [0.15, 0.2) is 11.5 Å². The molecule has 4 rings (SSSR count). The molecule has 6 nitrogen and oxygen atoms in total. The van der Waals surface area contributed by atoms with Crippen molar-refractivity contribution in [3.63, 3.8) is 0 Å². The first-order valence-corrected chi connectivity index (χ1v) is 10.4. The molecule has 0 spiro atoms. The third-order valence-electron chi connectivity index (χ3n) is 5.95. The summed E-state index contributed by atoms with van der Waals surface area (Å²) in [5.74, 6) is 1.52. The van der Waals surface area contributed by atoms with E-state index in [9.17, 15) is 4.79 Å². The van der Waals surface area contributed by atoms with Crippen LogP contribution in [0, 0.1) is 0 Å². The number of fused-ring (bicyclic) bond motifs is 1. The second kappa shape index (κ2) is 8.79. The van der Waals surface area contributed by atoms with E-state index < -0.39 is 0 Å². The minimum atomic E-state index is 0.0186. The summed E-state index contributed by atoms with van der Waals surface area (Å²) >= 11 is 0. The topological polar surface area (TPSA) is 55.7 Å². The zero-order chi connectivity index (χ0) is 21.1. The van der Waals surface area contributed by atoms with Crippen molar-refractivity contribution in [2.45, 2.75) is 25.4 Å². The van der Waals surface area contributed by atoms with Gasteiger partial charge in [-0.1, -0.05) is 12.1 Å². The van der Waals surface area contributed by atoms with Crippen LogP contribution in [-0.4, -0.2) is 48.7 Å². The number of hydrogen-bond donors (Lipinski definition) is 1. The number of rotatable bonds is 6. The third-order valence-corrected chi connectivity index (χ3v) is 5.95. The SMILES string of the molecule is COc1ccc(CN2CCC(NC(=O)c3cccc4c3ccn4C)CC2)cc1OC. The number of carbonyl (C=O) groups is 1. The quantitative estimate of drug-likeness (QED) is 0.679. The van der Waals surface area contributed by atoms with Crippen molar-refractivity contribution in [1.29, 1.82) is 0 Å². The minimum Gasteiger partial charge on any atom is -0.493 e. The number of piperidine rings is 1. The van der Waals surface area contributed by atoms with Crippen molar-refractivity contribution in [3.8, 4) is 11.5 Å². The Balaban J connectivity index is 1.34. The molecule has 0 bridgehead atoms. The summed E-state index contributed by atoms with van der Waals surface area (Å²) in [6, 6.07) is 14.2. The molecule has 30 heavy (non-hydrogen) atoms. The fourth-order valence-electron chi connectivity index (χ4n) is 4.24. The first-order valence-electron chi connectivity index (χ1n) is 10.4. The van der Waals surface area contributed by atoms with Crippen LogP contribution in [-0.2, 0) is 13.6 Å². The molecule has 2 heterocycles. The number of carbonyl (C=O) groups excluding carboxylic acids is 1. The molecule has 1 saturated heterocycles. The molecule has 0 saturated carbocycles. The lowest BCUT2D eigenvalue weighted by Gasteiger charge is -2.32. The first kappa shape index (κ1) is 20.3. The summed E-state index contributed by atoms with van der Waals surface area (Å²) in [7, 11) is 5.30. The van der Waals surface area contributed by atoms with Crippen molar-refractivity contribution in [2.24, 2.45) is 7.05 Å². The molecule has 0 radical (unpaired) electrons. The van der Waals surface area contributed by atoms with E-state index in [1.807, 2.05) is 54.2 Å². The van der Waals surface area contributed by atoms with Gasteiger partial charge >= 0.3 is 0 Å². The Hall–Kier alpha value is -2.99. The van der Waals surface area contributed by atoms with Gasteiger partial charge in [0.05, 0.1) is 14.2 Å². The molecule has 1 fully saturated rings. The van der Waals surface area contributed by atoms with Crippen molar-refractivity contribution < 1.29 is 14.3 Å². The number of aryl methyl sites for hydroxylation is 1. The lowest BCUT2D eigenvalue weighted by Crippen LogP contribution is -2.44. The van der Waals surface area contributed by atoms with Gasteiger partial charge in [-0.2, -0.15) is 0 Å². The van der Waals surface area contributed by atoms with Crippen molar-refractivity contribution in [2.75, 3.05) is 27.3 Å². The van der Waals surface area contributed by atoms with Crippen LogP contribution in [0.2, 0.25) is 0 Å². The number of hydrogen-bond acceptors (Lipinski definition) is 4. The number of nitrogens with zero attached hydrogens (tertiary/aromatic N) is 2. The lowest BCUT2D eigenvalue weighted by atomic mass is 10.0. The van der Waals surface area contributed by atoms with Crippen LogP contribution in [0.15, 0.2) is 48.7 Å². The van der Waals surface area contributed by atoms with E-state index in [1.165, 1.54) is 5.56 Å². The van der Waals surface area contributed by atoms with Crippen molar-refractivity contribution in [3.05, 3.63) is 59.8 Å². The molecule has 0 atom stereocenters. The van der Waals surface area contributed by atoms with Gasteiger partial charge in [0.2, 0.25) is 0 Å². The molecule has 6 heteroatoms.